The predicted molar refractivity (Wildman–Crippen MR) is 52.7 cm³/mol. The molecular weight excluding hydrogens is 204 g/mol. The minimum Gasteiger partial charge on any atom is -0.508 e. The summed E-state index contributed by atoms with van der Waals surface area (Å²) in [5, 5.41) is 14.0. The monoisotopic (exact) mass is 216 g/mol. The van der Waals surface area contributed by atoms with E-state index in [-0.39, 0.29) is 12.3 Å². The third kappa shape index (κ3) is 2.99. The Kier molecular flexibility index (Phi) is 3.10. The summed E-state index contributed by atoms with van der Waals surface area (Å²) in [4.78, 5) is 0. The minimum absolute atomic E-state index is 0.102. The fraction of sp³-hybridized carbons (Fsp3) is 0.250. The van der Waals surface area contributed by atoms with Crippen molar-refractivity contribution in [2.45, 2.75) is 6.54 Å². The molecule has 1 rings (SSSR count). The molecule has 5 nitrogen and oxygen atoms in total. The number of nitrogens with zero attached hydrogens (tertiary/aromatic N) is 1. The lowest BCUT2D eigenvalue weighted by Gasteiger charge is -2.13. The summed E-state index contributed by atoms with van der Waals surface area (Å²) >= 11 is 0. The molecule has 1 aromatic rings. The first-order valence-electron chi connectivity index (χ1n) is 3.91. The molecular formula is C8H12N2O3S. The van der Waals surface area contributed by atoms with Crippen molar-refractivity contribution in [2.75, 3.05) is 7.05 Å². The van der Waals surface area contributed by atoms with Crippen molar-refractivity contribution in [3.8, 4) is 5.75 Å². The molecule has 0 aliphatic heterocycles. The Morgan fingerprint density at radius 3 is 2.64 bits per heavy atom. The molecule has 3 N–H and O–H groups in total. The molecule has 1 aromatic carbocycles. The van der Waals surface area contributed by atoms with Gasteiger partial charge in [-0.1, -0.05) is 12.1 Å². The maximum absolute atomic E-state index is 10.9. The Bertz CT molecular complexity index is 416. The van der Waals surface area contributed by atoms with Gasteiger partial charge in [0.25, 0.3) is 10.2 Å². The maximum Gasteiger partial charge on any atom is 0.276 e. The molecule has 0 heterocycles. The molecule has 0 aromatic heterocycles. The number of hydrogen-bond donors (Lipinski definition) is 2. The first kappa shape index (κ1) is 11.0. The summed E-state index contributed by atoms with van der Waals surface area (Å²) in [5.41, 5.74) is 0.682. The number of phenolic OH excluding ortho intramolecular Hbond substituents is 1. The van der Waals surface area contributed by atoms with Crippen LogP contribution < -0.4 is 5.14 Å². The van der Waals surface area contributed by atoms with E-state index in [0.717, 1.165) is 4.31 Å². The normalized spacial score (nSPS) is 11.9. The lowest BCUT2D eigenvalue weighted by atomic mass is 10.2. The second-order valence-corrected chi connectivity index (χ2v) is 4.62. The van der Waals surface area contributed by atoms with Crippen LogP contribution in [0.1, 0.15) is 5.56 Å². The highest BCUT2D eigenvalue weighted by molar-refractivity contribution is 7.86. The molecule has 0 fully saturated rings. The van der Waals surface area contributed by atoms with Crippen LogP contribution in [0.25, 0.3) is 0 Å². The third-order valence-corrected chi connectivity index (χ3v) is 2.75. The van der Waals surface area contributed by atoms with Crippen molar-refractivity contribution >= 4 is 10.2 Å². The number of nitrogens with two attached hydrogens (primary N) is 1. The van der Waals surface area contributed by atoms with Gasteiger partial charge in [-0.15, -0.1) is 0 Å². The van der Waals surface area contributed by atoms with Gasteiger partial charge in [-0.2, -0.15) is 12.7 Å². The van der Waals surface area contributed by atoms with Crippen LogP contribution >= 0.6 is 0 Å². The zero-order chi connectivity index (χ0) is 10.8. The average Bonchev–Trinajstić information content (AvgIpc) is 2.02. The Labute approximate surface area is 83.0 Å². The molecule has 0 saturated heterocycles. The molecule has 0 atom stereocenters. The van der Waals surface area contributed by atoms with Gasteiger partial charge < -0.3 is 5.11 Å². The highest BCUT2D eigenvalue weighted by Crippen LogP contribution is 2.12. The molecule has 14 heavy (non-hydrogen) atoms. The van der Waals surface area contributed by atoms with Crippen LogP contribution in [0.4, 0.5) is 0 Å². The largest absolute Gasteiger partial charge is 0.508 e. The zero-order valence-corrected chi connectivity index (χ0v) is 8.53. The highest BCUT2D eigenvalue weighted by Gasteiger charge is 2.11. The van der Waals surface area contributed by atoms with Gasteiger partial charge in [-0.05, 0) is 17.7 Å². The van der Waals surface area contributed by atoms with Crippen molar-refractivity contribution in [3.05, 3.63) is 29.8 Å². The molecule has 0 aliphatic carbocycles. The molecule has 0 amide bonds. The topological polar surface area (TPSA) is 83.6 Å². The Morgan fingerprint density at radius 1 is 1.50 bits per heavy atom. The van der Waals surface area contributed by atoms with E-state index in [1.807, 2.05) is 0 Å². The quantitative estimate of drug-likeness (QED) is 0.747. The Morgan fingerprint density at radius 2 is 2.14 bits per heavy atom. The number of aromatic hydroxyl groups is 1. The van der Waals surface area contributed by atoms with Gasteiger partial charge in [-0.25, -0.2) is 5.14 Å². The van der Waals surface area contributed by atoms with Gasteiger partial charge in [0.05, 0.1) is 0 Å². The summed E-state index contributed by atoms with van der Waals surface area (Å²) in [6.45, 7) is 0.146. The molecule has 0 unspecified atom stereocenters. The number of hydrogen-bond acceptors (Lipinski definition) is 3. The van der Waals surface area contributed by atoms with Crippen LogP contribution in [0.3, 0.4) is 0 Å². The fourth-order valence-corrected chi connectivity index (χ4v) is 1.33. The standard InChI is InChI=1S/C8H12N2O3S/c1-10(14(9,12)13)6-7-3-2-4-8(11)5-7/h2-5,11H,6H2,1H3,(H2,9,12,13). The van der Waals surface area contributed by atoms with Crippen LogP contribution in [0.15, 0.2) is 24.3 Å². The lowest BCUT2D eigenvalue weighted by molar-refractivity contribution is 0.459. The maximum atomic E-state index is 10.9. The smallest absolute Gasteiger partial charge is 0.276 e. The third-order valence-electron chi connectivity index (χ3n) is 1.75. The Hall–Kier alpha value is -1.11. The minimum atomic E-state index is -3.66. The van der Waals surface area contributed by atoms with Crippen LogP contribution in [0.5, 0.6) is 5.75 Å². The molecule has 0 saturated carbocycles. The van der Waals surface area contributed by atoms with Gasteiger partial charge in [0, 0.05) is 13.6 Å². The van der Waals surface area contributed by atoms with Gasteiger partial charge in [0.15, 0.2) is 0 Å². The Balaban J connectivity index is 2.80. The summed E-state index contributed by atoms with van der Waals surface area (Å²) in [7, 11) is -2.29. The molecule has 0 spiro atoms. The summed E-state index contributed by atoms with van der Waals surface area (Å²) in [6, 6.07) is 6.35. The zero-order valence-electron chi connectivity index (χ0n) is 7.71. The van der Waals surface area contributed by atoms with Crippen molar-refractivity contribution in [1.29, 1.82) is 0 Å². The van der Waals surface area contributed by atoms with E-state index in [9.17, 15) is 8.42 Å². The van der Waals surface area contributed by atoms with Crippen molar-refractivity contribution < 1.29 is 13.5 Å². The van der Waals surface area contributed by atoms with Crippen LogP contribution in [-0.2, 0) is 16.8 Å². The second kappa shape index (κ2) is 3.95. The first-order chi connectivity index (χ1) is 6.39. The second-order valence-electron chi connectivity index (χ2n) is 2.97. The number of benzene rings is 1. The van der Waals surface area contributed by atoms with E-state index in [1.165, 1.54) is 19.2 Å². The molecule has 0 aliphatic rings. The van der Waals surface area contributed by atoms with Crippen molar-refractivity contribution in [3.63, 3.8) is 0 Å². The van der Waals surface area contributed by atoms with E-state index in [1.54, 1.807) is 12.1 Å². The van der Waals surface area contributed by atoms with Crippen LogP contribution in [-0.4, -0.2) is 24.9 Å². The van der Waals surface area contributed by atoms with Crippen LogP contribution in [0, 0.1) is 0 Å². The number of rotatable bonds is 3. The number of phenols is 1. The summed E-state index contributed by atoms with van der Waals surface area (Å²) in [6.07, 6.45) is 0. The molecule has 78 valence electrons. The fourth-order valence-electron chi connectivity index (χ4n) is 1.00. The van der Waals surface area contributed by atoms with Gasteiger partial charge in [0.2, 0.25) is 0 Å². The molecule has 6 heteroatoms. The van der Waals surface area contributed by atoms with Crippen LogP contribution in [0.2, 0.25) is 0 Å². The molecule has 0 bridgehead atoms. The SMILES string of the molecule is CN(Cc1cccc(O)c1)S(N)(=O)=O. The van der Waals surface area contributed by atoms with Gasteiger partial charge >= 0.3 is 0 Å². The van der Waals surface area contributed by atoms with Crippen molar-refractivity contribution in [1.82, 2.24) is 4.31 Å². The van der Waals surface area contributed by atoms with Gasteiger partial charge in [0.1, 0.15) is 5.75 Å². The van der Waals surface area contributed by atoms with E-state index < -0.39 is 10.2 Å². The predicted octanol–water partition coefficient (Wildman–Crippen LogP) is 0.0275. The molecule has 0 radical (unpaired) electrons. The van der Waals surface area contributed by atoms with E-state index >= 15 is 0 Å². The summed E-state index contributed by atoms with van der Waals surface area (Å²) < 4.78 is 22.7. The van der Waals surface area contributed by atoms with E-state index in [0.29, 0.717) is 5.56 Å². The van der Waals surface area contributed by atoms with E-state index in [4.69, 9.17) is 10.2 Å². The lowest BCUT2D eigenvalue weighted by Crippen LogP contribution is -2.32. The van der Waals surface area contributed by atoms with Crippen molar-refractivity contribution in [2.24, 2.45) is 5.14 Å². The van der Waals surface area contributed by atoms with Gasteiger partial charge in [-0.3, -0.25) is 0 Å². The first-order valence-corrected chi connectivity index (χ1v) is 5.42. The summed E-state index contributed by atoms with van der Waals surface area (Å²) in [5.74, 6) is 0.102. The average molecular weight is 216 g/mol. The van der Waals surface area contributed by atoms with E-state index in [2.05, 4.69) is 0 Å². The highest BCUT2D eigenvalue weighted by atomic mass is 32.2.